The van der Waals surface area contributed by atoms with Crippen molar-refractivity contribution in [2.75, 3.05) is 12.3 Å². The number of hydrogen-bond acceptors (Lipinski definition) is 3. The minimum Gasteiger partial charge on any atom is -0.384 e. The molecule has 0 spiro atoms. The number of carbonyl (C=O) groups excluding carboxylic acids is 1. The summed E-state index contributed by atoms with van der Waals surface area (Å²) in [6, 6.07) is 17.4. The van der Waals surface area contributed by atoms with Crippen LogP contribution in [-0.4, -0.2) is 22.2 Å². The molecule has 30 heavy (non-hydrogen) atoms. The van der Waals surface area contributed by atoms with Crippen molar-refractivity contribution < 1.29 is 4.79 Å². The zero-order valence-electron chi connectivity index (χ0n) is 17.4. The normalized spacial score (nSPS) is 13.7. The molecule has 4 rings (SSSR count). The third-order valence-electron chi connectivity index (χ3n) is 5.54. The van der Waals surface area contributed by atoms with Crippen molar-refractivity contribution in [3.05, 3.63) is 77.4 Å². The number of anilines is 1. The lowest BCUT2D eigenvalue weighted by Gasteiger charge is -2.13. The number of amides is 1. The first kappa shape index (κ1) is 20.0. The summed E-state index contributed by atoms with van der Waals surface area (Å²) in [5, 5.41) is 7.67. The standard InChI is InChI=1S/C25H28N4O/c1-18-6-5-9-21(16-18)23-17-24(26)29(28-23)22-12-10-20(11-13-22)25(30)27-15-14-19-7-3-2-4-8-19/h5-7,9-13,16-17H,2-4,8,14-15,26H2,1H3,(H,27,30). The second-order valence-electron chi connectivity index (χ2n) is 7.90. The van der Waals surface area contributed by atoms with E-state index in [1.807, 2.05) is 42.5 Å². The van der Waals surface area contributed by atoms with E-state index in [1.54, 1.807) is 4.68 Å². The topological polar surface area (TPSA) is 72.9 Å². The molecule has 1 amide bonds. The Morgan fingerprint density at radius 1 is 1.13 bits per heavy atom. The summed E-state index contributed by atoms with van der Waals surface area (Å²) in [7, 11) is 0. The van der Waals surface area contributed by atoms with Gasteiger partial charge in [0, 0.05) is 23.7 Å². The second kappa shape index (κ2) is 8.99. The van der Waals surface area contributed by atoms with Crippen LogP contribution in [0.5, 0.6) is 0 Å². The van der Waals surface area contributed by atoms with Crippen molar-refractivity contribution in [3.63, 3.8) is 0 Å². The maximum absolute atomic E-state index is 12.4. The fourth-order valence-electron chi connectivity index (χ4n) is 3.87. The molecule has 5 heteroatoms. The fraction of sp³-hybridized carbons (Fsp3) is 0.280. The lowest BCUT2D eigenvalue weighted by atomic mass is 9.97. The Morgan fingerprint density at radius 3 is 2.70 bits per heavy atom. The molecule has 3 aromatic rings. The molecule has 5 nitrogen and oxygen atoms in total. The summed E-state index contributed by atoms with van der Waals surface area (Å²) in [6.07, 6.45) is 8.16. The molecule has 154 valence electrons. The monoisotopic (exact) mass is 400 g/mol. The van der Waals surface area contributed by atoms with Crippen molar-refractivity contribution in [2.45, 2.75) is 39.0 Å². The highest BCUT2D eigenvalue weighted by Crippen LogP contribution is 2.24. The van der Waals surface area contributed by atoms with Crippen LogP contribution >= 0.6 is 0 Å². The Morgan fingerprint density at radius 2 is 1.97 bits per heavy atom. The molecule has 0 saturated heterocycles. The highest BCUT2D eigenvalue weighted by atomic mass is 16.1. The molecule has 1 aromatic heterocycles. The van der Waals surface area contributed by atoms with E-state index in [-0.39, 0.29) is 5.91 Å². The Balaban J connectivity index is 1.42. The number of nitrogens with zero attached hydrogens (tertiary/aromatic N) is 2. The molecule has 3 N–H and O–H groups in total. The fourth-order valence-corrected chi connectivity index (χ4v) is 3.87. The van der Waals surface area contributed by atoms with Gasteiger partial charge in [0.1, 0.15) is 5.82 Å². The van der Waals surface area contributed by atoms with Gasteiger partial charge in [0.25, 0.3) is 5.91 Å². The largest absolute Gasteiger partial charge is 0.384 e. The van der Waals surface area contributed by atoms with E-state index in [1.165, 1.54) is 36.8 Å². The molecule has 0 atom stereocenters. The lowest BCUT2D eigenvalue weighted by molar-refractivity contribution is 0.0954. The van der Waals surface area contributed by atoms with Crippen LogP contribution in [0.1, 0.15) is 48.0 Å². The summed E-state index contributed by atoms with van der Waals surface area (Å²) in [6.45, 7) is 2.73. The number of rotatable bonds is 6. The zero-order chi connectivity index (χ0) is 20.9. The number of hydrogen-bond donors (Lipinski definition) is 2. The molecule has 0 unspecified atom stereocenters. The van der Waals surface area contributed by atoms with Crippen molar-refractivity contribution in [2.24, 2.45) is 0 Å². The van der Waals surface area contributed by atoms with Gasteiger partial charge in [0.2, 0.25) is 0 Å². The van der Waals surface area contributed by atoms with Gasteiger partial charge in [0.05, 0.1) is 11.4 Å². The number of allylic oxidation sites excluding steroid dienone is 1. The molecule has 1 aliphatic rings. The minimum atomic E-state index is -0.0492. The lowest BCUT2D eigenvalue weighted by Crippen LogP contribution is -2.24. The summed E-state index contributed by atoms with van der Waals surface area (Å²) in [5.41, 5.74) is 12.2. The van der Waals surface area contributed by atoms with Gasteiger partial charge in [-0.15, -0.1) is 0 Å². The molecule has 1 heterocycles. The van der Waals surface area contributed by atoms with E-state index in [0.717, 1.165) is 23.4 Å². The Bertz CT molecular complexity index is 1060. The summed E-state index contributed by atoms with van der Waals surface area (Å²) in [5.74, 6) is 0.510. The predicted octanol–water partition coefficient (Wildman–Crippen LogP) is 5.05. The number of nitrogen functional groups attached to an aromatic ring is 1. The average Bonchev–Trinajstić information content (AvgIpc) is 3.16. The Hall–Kier alpha value is -3.34. The maximum Gasteiger partial charge on any atom is 0.251 e. The highest BCUT2D eigenvalue weighted by Gasteiger charge is 2.11. The maximum atomic E-state index is 12.4. The molecular formula is C25H28N4O. The van der Waals surface area contributed by atoms with E-state index in [4.69, 9.17) is 5.73 Å². The van der Waals surface area contributed by atoms with Gasteiger partial charge >= 0.3 is 0 Å². The van der Waals surface area contributed by atoms with E-state index < -0.39 is 0 Å². The summed E-state index contributed by atoms with van der Waals surface area (Å²) >= 11 is 0. The van der Waals surface area contributed by atoms with Gasteiger partial charge in [-0.3, -0.25) is 4.79 Å². The van der Waals surface area contributed by atoms with Crippen LogP contribution in [0.15, 0.2) is 66.2 Å². The molecule has 0 saturated carbocycles. The third kappa shape index (κ3) is 4.62. The number of nitrogens with two attached hydrogens (primary N) is 1. The average molecular weight is 401 g/mol. The first-order valence-corrected chi connectivity index (χ1v) is 10.6. The number of nitrogens with one attached hydrogen (secondary N) is 1. The molecule has 0 aliphatic heterocycles. The van der Waals surface area contributed by atoms with Gasteiger partial charge in [-0.05, 0) is 69.4 Å². The molecule has 2 aromatic carbocycles. The van der Waals surface area contributed by atoms with Gasteiger partial charge in [-0.25, -0.2) is 4.68 Å². The van der Waals surface area contributed by atoms with Gasteiger partial charge in [0.15, 0.2) is 0 Å². The number of carbonyl (C=O) groups is 1. The van der Waals surface area contributed by atoms with Gasteiger partial charge in [-0.2, -0.15) is 5.10 Å². The van der Waals surface area contributed by atoms with Crippen LogP contribution in [0.25, 0.3) is 16.9 Å². The Labute approximate surface area is 177 Å². The number of aryl methyl sites for hydroxylation is 1. The van der Waals surface area contributed by atoms with Gasteiger partial charge < -0.3 is 11.1 Å². The molecule has 1 aliphatic carbocycles. The first-order valence-electron chi connectivity index (χ1n) is 10.6. The first-order chi connectivity index (χ1) is 14.6. The van der Waals surface area contributed by atoms with Crippen LogP contribution < -0.4 is 11.1 Å². The smallest absolute Gasteiger partial charge is 0.251 e. The summed E-state index contributed by atoms with van der Waals surface area (Å²) in [4.78, 5) is 12.4. The SMILES string of the molecule is Cc1cccc(-c2cc(N)n(-c3ccc(C(=O)NCCC4=CCCCC4)cc3)n2)c1. The quantitative estimate of drug-likeness (QED) is 0.569. The Kier molecular flexibility index (Phi) is 5.98. The van der Waals surface area contributed by atoms with Crippen molar-refractivity contribution >= 4 is 11.7 Å². The number of aromatic nitrogens is 2. The molecular weight excluding hydrogens is 372 g/mol. The van der Waals surface area contributed by atoms with Crippen LogP contribution in [-0.2, 0) is 0 Å². The van der Waals surface area contributed by atoms with Crippen molar-refractivity contribution in [3.8, 4) is 16.9 Å². The van der Waals surface area contributed by atoms with Crippen molar-refractivity contribution in [1.29, 1.82) is 0 Å². The second-order valence-corrected chi connectivity index (χ2v) is 7.90. The van der Waals surface area contributed by atoms with Crippen LogP contribution in [0.3, 0.4) is 0 Å². The number of benzene rings is 2. The van der Waals surface area contributed by atoms with Crippen molar-refractivity contribution in [1.82, 2.24) is 15.1 Å². The third-order valence-corrected chi connectivity index (χ3v) is 5.54. The molecule has 0 bridgehead atoms. The highest BCUT2D eigenvalue weighted by molar-refractivity contribution is 5.94. The van der Waals surface area contributed by atoms with Gasteiger partial charge in [-0.1, -0.05) is 35.4 Å². The molecule has 0 radical (unpaired) electrons. The zero-order valence-corrected chi connectivity index (χ0v) is 17.4. The van der Waals surface area contributed by atoms with Crippen LogP contribution in [0.4, 0.5) is 5.82 Å². The predicted molar refractivity (Wildman–Crippen MR) is 122 cm³/mol. The van der Waals surface area contributed by atoms with E-state index in [0.29, 0.717) is 17.9 Å². The summed E-state index contributed by atoms with van der Waals surface area (Å²) < 4.78 is 1.70. The van der Waals surface area contributed by atoms with Crippen LogP contribution in [0, 0.1) is 6.92 Å². The van der Waals surface area contributed by atoms with E-state index >= 15 is 0 Å². The van der Waals surface area contributed by atoms with E-state index in [2.05, 4.69) is 35.5 Å². The molecule has 0 fully saturated rings. The van der Waals surface area contributed by atoms with Crippen LogP contribution in [0.2, 0.25) is 0 Å². The minimum absolute atomic E-state index is 0.0492. The van der Waals surface area contributed by atoms with E-state index in [9.17, 15) is 4.79 Å².